The third kappa shape index (κ3) is 2.49. The molecule has 1 fully saturated rings. The minimum Gasteiger partial charge on any atom is -0.380 e. The summed E-state index contributed by atoms with van der Waals surface area (Å²) in [5.74, 6) is 0.562. The molecule has 2 heteroatoms. The molecule has 2 rings (SSSR count). The molecule has 0 aliphatic heterocycles. The van der Waals surface area contributed by atoms with Crippen LogP contribution in [0.4, 0.5) is 10.1 Å². The Morgan fingerprint density at radius 2 is 1.93 bits per heavy atom. The van der Waals surface area contributed by atoms with Gasteiger partial charge in [-0.15, -0.1) is 0 Å². The Morgan fingerprint density at radius 1 is 1.27 bits per heavy atom. The summed E-state index contributed by atoms with van der Waals surface area (Å²) in [4.78, 5) is 0. The van der Waals surface area contributed by atoms with Crippen molar-refractivity contribution in [2.75, 3.05) is 5.32 Å². The smallest absolute Gasteiger partial charge is 0.146 e. The van der Waals surface area contributed by atoms with Crippen LogP contribution in [0.3, 0.4) is 0 Å². The second-order valence-corrected chi connectivity index (χ2v) is 4.46. The molecule has 15 heavy (non-hydrogen) atoms. The maximum Gasteiger partial charge on any atom is 0.146 e. The summed E-state index contributed by atoms with van der Waals surface area (Å²) in [5.41, 5.74) is 0.636. The van der Waals surface area contributed by atoms with Crippen molar-refractivity contribution in [3.63, 3.8) is 0 Å². The lowest BCUT2D eigenvalue weighted by atomic mass is 9.99. The van der Waals surface area contributed by atoms with Gasteiger partial charge in [-0.05, 0) is 37.8 Å². The van der Waals surface area contributed by atoms with Gasteiger partial charge in [0, 0.05) is 6.04 Å². The van der Waals surface area contributed by atoms with Crippen LogP contribution in [0.1, 0.15) is 32.6 Å². The summed E-state index contributed by atoms with van der Waals surface area (Å²) in [5, 5.41) is 3.28. The largest absolute Gasteiger partial charge is 0.380 e. The molecule has 82 valence electrons. The van der Waals surface area contributed by atoms with Gasteiger partial charge in [0.05, 0.1) is 5.69 Å². The Bertz CT molecular complexity index is 318. The van der Waals surface area contributed by atoms with Crippen molar-refractivity contribution < 1.29 is 4.39 Å². The van der Waals surface area contributed by atoms with Crippen LogP contribution in [0.2, 0.25) is 0 Å². The first-order valence-electron chi connectivity index (χ1n) is 5.78. The molecule has 0 radical (unpaired) electrons. The van der Waals surface area contributed by atoms with E-state index in [1.54, 1.807) is 12.1 Å². The van der Waals surface area contributed by atoms with Crippen molar-refractivity contribution in [2.24, 2.45) is 5.92 Å². The predicted octanol–water partition coefficient (Wildman–Crippen LogP) is 3.82. The van der Waals surface area contributed by atoms with E-state index in [9.17, 15) is 4.39 Å². The van der Waals surface area contributed by atoms with E-state index in [0.717, 1.165) is 0 Å². The first kappa shape index (κ1) is 10.5. The second-order valence-electron chi connectivity index (χ2n) is 4.46. The van der Waals surface area contributed by atoms with Gasteiger partial charge >= 0.3 is 0 Å². The third-order valence-electron chi connectivity index (χ3n) is 3.36. The highest BCUT2D eigenvalue weighted by atomic mass is 19.1. The molecule has 0 bridgehead atoms. The van der Waals surface area contributed by atoms with Gasteiger partial charge in [0.25, 0.3) is 0 Å². The normalized spacial score (nSPS) is 19.1. The number of hydrogen-bond acceptors (Lipinski definition) is 1. The Labute approximate surface area is 90.7 Å². The van der Waals surface area contributed by atoms with Crippen LogP contribution in [0.5, 0.6) is 0 Å². The van der Waals surface area contributed by atoms with Gasteiger partial charge in [0.2, 0.25) is 0 Å². The van der Waals surface area contributed by atoms with Gasteiger partial charge in [-0.3, -0.25) is 0 Å². The maximum atomic E-state index is 13.4. The van der Waals surface area contributed by atoms with Crippen molar-refractivity contribution in [3.05, 3.63) is 30.1 Å². The molecule has 1 aliphatic rings. The summed E-state index contributed by atoms with van der Waals surface area (Å²) in [7, 11) is 0. The molecular weight excluding hydrogens is 189 g/mol. The molecular formula is C13H18FN. The molecule has 1 aliphatic carbocycles. The minimum absolute atomic E-state index is 0.151. The SMILES string of the molecule is CC(Nc1ccccc1F)C1CCCC1. The Morgan fingerprint density at radius 3 is 2.60 bits per heavy atom. The van der Waals surface area contributed by atoms with Crippen molar-refractivity contribution in [3.8, 4) is 0 Å². The fourth-order valence-corrected chi connectivity index (χ4v) is 2.40. The van der Waals surface area contributed by atoms with Crippen LogP contribution in [-0.4, -0.2) is 6.04 Å². The van der Waals surface area contributed by atoms with Crippen LogP contribution in [0.15, 0.2) is 24.3 Å². The molecule has 1 atom stereocenters. The Hall–Kier alpha value is -1.05. The number of para-hydroxylation sites is 1. The first-order valence-corrected chi connectivity index (χ1v) is 5.78. The predicted molar refractivity (Wildman–Crippen MR) is 61.4 cm³/mol. The maximum absolute atomic E-state index is 13.4. The van der Waals surface area contributed by atoms with E-state index in [1.807, 2.05) is 6.07 Å². The number of hydrogen-bond donors (Lipinski definition) is 1. The summed E-state index contributed by atoms with van der Waals surface area (Å²) in [6, 6.07) is 7.28. The van der Waals surface area contributed by atoms with E-state index in [0.29, 0.717) is 17.6 Å². The van der Waals surface area contributed by atoms with E-state index in [2.05, 4.69) is 12.2 Å². The minimum atomic E-state index is -0.151. The van der Waals surface area contributed by atoms with Crippen LogP contribution < -0.4 is 5.32 Å². The molecule has 0 aromatic heterocycles. The lowest BCUT2D eigenvalue weighted by molar-refractivity contribution is 0.479. The van der Waals surface area contributed by atoms with Crippen LogP contribution in [0, 0.1) is 11.7 Å². The summed E-state index contributed by atoms with van der Waals surface area (Å²) >= 11 is 0. The molecule has 1 saturated carbocycles. The fraction of sp³-hybridized carbons (Fsp3) is 0.538. The number of rotatable bonds is 3. The number of nitrogens with one attached hydrogen (secondary N) is 1. The zero-order valence-corrected chi connectivity index (χ0v) is 9.17. The molecule has 0 heterocycles. The molecule has 1 N–H and O–H groups in total. The standard InChI is InChI=1S/C13H18FN/c1-10(11-6-2-3-7-11)15-13-9-5-4-8-12(13)14/h4-5,8-11,15H,2-3,6-7H2,1H3. The molecule has 1 aromatic carbocycles. The van der Waals surface area contributed by atoms with Gasteiger partial charge in [0.1, 0.15) is 5.82 Å². The van der Waals surface area contributed by atoms with Gasteiger partial charge < -0.3 is 5.32 Å². The fourth-order valence-electron chi connectivity index (χ4n) is 2.40. The molecule has 1 unspecified atom stereocenters. The average Bonchev–Trinajstić information content (AvgIpc) is 2.74. The Balaban J connectivity index is 1.99. The lowest BCUT2D eigenvalue weighted by Crippen LogP contribution is -2.24. The van der Waals surface area contributed by atoms with Gasteiger partial charge in [0.15, 0.2) is 0 Å². The van der Waals surface area contributed by atoms with E-state index >= 15 is 0 Å². The van der Waals surface area contributed by atoms with Crippen LogP contribution in [0.25, 0.3) is 0 Å². The third-order valence-corrected chi connectivity index (χ3v) is 3.36. The van der Waals surface area contributed by atoms with Crippen LogP contribution in [-0.2, 0) is 0 Å². The van der Waals surface area contributed by atoms with E-state index in [1.165, 1.54) is 31.7 Å². The molecule has 1 nitrogen and oxygen atoms in total. The zero-order valence-electron chi connectivity index (χ0n) is 9.17. The quantitative estimate of drug-likeness (QED) is 0.794. The topological polar surface area (TPSA) is 12.0 Å². The summed E-state index contributed by atoms with van der Waals surface area (Å²) in [6.45, 7) is 2.16. The molecule has 0 amide bonds. The molecule has 0 spiro atoms. The van der Waals surface area contributed by atoms with Crippen LogP contribution >= 0.6 is 0 Å². The Kier molecular flexibility index (Phi) is 3.24. The highest BCUT2D eigenvalue weighted by Gasteiger charge is 2.21. The summed E-state index contributed by atoms with van der Waals surface area (Å²) in [6.07, 6.45) is 5.22. The number of halogens is 1. The highest BCUT2D eigenvalue weighted by molar-refractivity contribution is 5.45. The first-order chi connectivity index (χ1) is 7.27. The molecule has 0 saturated heterocycles. The summed E-state index contributed by atoms with van der Waals surface area (Å²) < 4.78 is 13.4. The van der Waals surface area contributed by atoms with Crippen molar-refractivity contribution in [1.82, 2.24) is 0 Å². The van der Waals surface area contributed by atoms with E-state index in [-0.39, 0.29) is 5.82 Å². The second kappa shape index (κ2) is 4.65. The molecule has 1 aromatic rings. The van der Waals surface area contributed by atoms with E-state index < -0.39 is 0 Å². The van der Waals surface area contributed by atoms with Crippen molar-refractivity contribution >= 4 is 5.69 Å². The van der Waals surface area contributed by atoms with Crippen molar-refractivity contribution in [2.45, 2.75) is 38.6 Å². The van der Waals surface area contributed by atoms with Crippen molar-refractivity contribution in [1.29, 1.82) is 0 Å². The van der Waals surface area contributed by atoms with Gasteiger partial charge in [-0.25, -0.2) is 4.39 Å². The van der Waals surface area contributed by atoms with Gasteiger partial charge in [-0.1, -0.05) is 25.0 Å². The number of benzene rings is 1. The number of anilines is 1. The zero-order chi connectivity index (χ0) is 10.7. The average molecular weight is 207 g/mol. The monoisotopic (exact) mass is 207 g/mol. The van der Waals surface area contributed by atoms with Gasteiger partial charge in [-0.2, -0.15) is 0 Å². The highest BCUT2D eigenvalue weighted by Crippen LogP contribution is 2.29. The lowest BCUT2D eigenvalue weighted by Gasteiger charge is -2.21. The van der Waals surface area contributed by atoms with E-state index in [4.69, 9.17) is 0 Å².